The van der Waals surface area contributed by atoms with Crippen LogP contribution in [0, 0.1) is 5.92 Å². The van der Waals surface area contributed by atoms with Crippen LogP contribution in [0.25, 0.3) is 0 Å². The van der Waals surface area contributed by atoms with Gasteiger partial charge in [-0.2, -0.15) is 0 Å². The minimum atomic E-state index is -0.197. The Labute approximate surface area is 79.3 Å². The molecule has 0 aliphatic heterocycles. The second-order valence-electron chi connectivity index (χ2n) is 3.39. The van der Waals surface area contributed by atoms with Crippen molar-refractivity contribution >= 4 is 5.97 Å². The fourth-order valence-corrected chi connectivity index (χ4v) is 1.57. The second-order valence-corrected chi connectivity index (χ2v) is 3.39. The lowest BCUT2D eigenvalue weighted by Gasteiger charge is -2.21. The molecule has 13 heavy (non-hydrogen) atoms. The van der Waals surface area contributed by atoms with Gasteiger partial charge in [0.15, 0.2) is 0 Å². The minimum Gasteiger partial charge on any atom is -0.458 e. The van der Waals surface area contributed by atoms with Gasteiger partial charge in [-0.3, -0.25) is 4.79 Å². The Bertz CT molecular complexity index is 218. The molecule has 0 aromatic rings. The van der Waals surface area contributed by atoms with Crippen LogP contribution in [0.4, 0.5) is 0 Å². The van der Waals surface area contributed by atoms with Crippen LogP contribution in [0.3, 0.4) is 0 Å². The Morgan fingerprint density at radius 3 is 2.85 bits per heavy atom. The van der Waals surface area contributed by atoms with Crippen molar-refractivity contribution in [3.63, 3.8) is 0 Å². The SMILES string of the molecule is C=CCC1C=CC(OC(C)=O)CC1. The topological polar surface area (TPSA) is 26.3 Å². The first-order valence-electron chi connectivity index (χ1n) is 4.69. The van der Waals surface area contributed by atoms with E-state index in [0.717, 1.165) is 19.3 Å². The summed E-state index contributed by atoms with van der Waals surface area (Å²) in [6.45, 7) is 5.15. The van der Waals surface area contributed by atoms with E-state index in [1.165, 1.54) is 6.92 Å². The monoisotopic (exact) mass is 180 g/mol. The molecule has 0 fully saturated rings. The van der Waals surface area contributed by atoms with Gasteiger partial charge in [0.25, 0.3) is 0 Å². The van der Waals surface area contributed by atoms with Gasteiger partial charge in [-0.1, -0.05) is 12.2 Å². The number of carbonyl (C=O) groups is 1. The van der Waals surface area contributed by atoms with Crippen molar-refractivity contribution in [2.45, 2.75) is 32.3 Å². The zero-order valence-electron chi connectivity index (χ0n) is 8.03. The molecule has 1 aliphatic rings. The molecule has 0 heterocycles. The molecule has 0 aromatic heterocycles. The minimum absolute atomic E-state index is 0.00133. The molecule has 2 heteroatoms. The number of rotatable bonds is 3. The molecule has 0 N–H and O–H groups in total. The maximum atomic E-state index is 10.6. The van der Waals surface area contributed by atoms with Crippen LogP contribution < -0.4 is 0 Å². The quantitative estimate of drug-likeness (QED) is 0.492. The number of allylic oxidation sites excluding steroid dienone is 2. The first-order chi connectivity index (χ1) is 6.22. The molecule has 2 atom stereocenters. The van der Waals surface area contributed by atoms with Gasteiger partial charge in [-0.05, 0) is 31.3 Å². The van der Waals surface area contributed by atoms with E-state index in [2.05, 4.69) is 12.7 Å². The molecule has 0 saturated carbocycles. The van der Waals surface area contributed by atoms with E-state index in [-0.39, 0.29) is 12.1 Å². The molecular weight excluding hydrogens is 164 g/mol. The van der Waals surface area contributed by atoms with Crippen molar-refractivity contribution in [2.24, 2.45) is 5.92 Å². The van der Waals surface area contributed by atoms with E-state index < -0.39 is 0 Å². The lowest BCUT2D eigenvalue weighted by molar-refractivity contribution is -0.144. The smallest absolute Gasteiger partial charge is 0.303 e. The summed E-state index contributed by atoms with van der Waals surface area (Å²) in [5.74, 6) is 0.390. The van der Waals surface area contributed by atoms with E-state index in [0.29, 0.717) is 5.92 Å². The van der Waals surface area contributed by atoms with Gasteiger partial charge < -0.3 is 4.74 Å². The van der Waals surface area contributed by atoms with Crippen molar-refractivity contribution < 1.29 is 9.53 Å². The van der Waals surface area contributed by atoms with Gasteiger partial charge in [0.05, 0.1) is 0 Å². The summed E-state index contributed by atoms with van der Waals surface area (Å²) in [7, 11) is 0. The average Bonchev–Trinajstić information content (AvgIpc) is 2.08. The molecular formula is C11H16O2. The molecule has 0 aromatic carbocycles. The Balaban J connectivity index is 2.37. The lowest BCUT2D eigenvalue weighted by Crippen LogP contribution is -2.18. The number of hydrogen-bond acceptors (Lipinski definition) is 2. The summed E-state index contributed by atoms with van der Waals surface area (Å²) < 4.78 is 5.07. The van der Waals surface area contributed by atoms with Crippen LogP contribution in [0.2, 0.25) is 0 Å². The molecule has 0 spiro atoms. The number of ether oxygens (including phenoxy) is 1. The third-order valence-corrected chi connectivity index (χ3v) is 2.21. The van der Waals surface area contributed by atoms with Gasteiger partial charge in [0.1, 0.15) is 6.10 Å². The summed E-state index contributed by atoms with van der Waals surface area (Å²) in [6, 6.07) is 0. The van der Waals surface area contributed by atoms with Crippen LogP contribution in [-0.2, 0) is 9.53 Å². The van der Waals surface area contributed by atoms with Gasteiger partial charge >= 0.3 is 5.97 Å². The van der Waals surface area contributed by atoms with E-state index in [1.54, 1.807) is 0 Å². The first kappa shape index (κ1) is 10.0. The van der Waals surface area contributed by atoms with Crippen molar-refractivity contribution in [3.8, 4) is 0 Å². The van der Waals surface area contributed by atoms with Crippen LogP contribution in [0.1, 0.15) is 26.2 Å². The summed E-state index contributed by atoms with van der Waals surface area (Å²) >= 11 is 0. The van der Waals surface area contributed by atoms with E-state index in [4.69, 9.17) is 4.74 Å². The van der Waals surface area contributed by atoms with E-state index in [1.807, 2.05) is 12.2 Å². The Kier molecular flexibility index (Phi) is 3.74. The summed E-state index contributed by atoms with van der Waals surface area (Å²) in [5.41, 5.74) is 0. The highest BCUT2D eigenvalue weighted by Gasteiger charge is 2.16. The lowest BCUT2D eigenvalue weighted by atomic mass is 9.92. The molecule has 0 radical (unpaired) electrons. The number of esters is 1. The molecule has 2 nitrogen and oxygen atoms in total. The predicted molar refractivity (Wildman–Crippen MR) is 52.2 cm³/mol. The molecule has 1 aliphatic carbocycles. The average molecular weight is 180 g/mol. The Morgan fingerprint density at radius 1 is 1.62 bits per heavy atom. The predicted octanol–water partition coefficient (Wildman–Crippen LogP) is 2.46. The van der Waals surface area contributed by atoms with Crippen molar-refractivity contribution in [1.29, 1.82) is 0 Å². The zero-order valence-corrected chi connectivity index (χ0v) is 8.03. The second kappa shape index (κ2) is 4.85. The van der Waals surface area contributed by atoms with Crippen molar-refractivity contribution in [3.05, 3.63) is 24.8 Å². The molecule has 0 bridgehead atoms. The highest BCUT2D eigenvalue weighted by Crippen LogP contribution is 2.22. The Hall–Kier alpha value is -1.05. The largest absolute Gasteiger partial charge is 0.458 e. The summed E-state index contributed by atoms with van der Waals surface area (Å²) in [6.07, 6.45) is 9.08. The Morgan fingerprint density at radius 2 is 2.38 bits per heavy atom. The normalized spacial score (nSPS) is 26.8. The maximum Gasteiger partial charge on any atom is 0.303 e. The molecule has 2 unspecified atom stereocenters. The maximum absolute atomic E-state index is 10.6. The van der Waals surface area contributed by atoms with Crippen molar-refractivity contribution in [2.75, 3.05) is 0 Å². The third-order valence-electron chi connectivity index (χ3n) is 2.21. The van der Waals surface area contributed by atoms with Gasteiger partial charge in [0.2, 0.25) is 0 Å². The zero-order chi connectivity index (χ0) is 9.68. The highest BCUT2D eigenvalue weighted by atomic mass is 16.5. The van der Waals surface area contributed by atoms with Crippen LogP contribution >= 0.6 is 0 Å². The van der Waals surface area contributed by atoms with Gasteiger partial charge in [0, 0.05) is 6.92 Å². The highest BCUT2D eigenvalue weighted by molar-refractivity contribution is 5.66. The van der Waals surface area contributed by atoms with Gasteiger partial charge in [-0.25, -0.2) is 0 Å². The van der Waals surface area contributed by atoms with Gasteiger partial charge in [-0.15, -0.1) is 6.58 Å². The summed E-state index contributed by atoms with van der Waals surface area (Å²) in [5, 5.41) is 0. The third kappa shape index (κ3) is 3.45. The molecule has 72 valence electrons. The summed E-state index contributed by atoms with van der Waals surface area (Å²) in [4.78, 5) is 10.6. The van der Waals surface area contributed by atoms with E-state index >= 15 is 0 Å². The van der Waals surface area contributed by atoms with Crippen LogP contribution in [-0.4, -0.2) is 12.1 Å². The van der Waals surface area contributed by atoms with Crippen LogP contribution in [0.15, 0.2) is 24.8 Å². The fraction of sp³-hybridized carbons (Fsp3) is 0.545. The fourth-order valence-electron chi connectivity index (χ4n) is 1.57. The van der Waals surface area contributed by atoms with Crippen LogP contribution in [0.5, 0.6) is 0 Å². The standard InChI is InChI=1S/C11H16O2/c1-3-4-10-5-7-11(8-6-10)13-9(2)12/h3,5,7,10-11H,1,4,6,8H2,2H3. The number of hydrogen-bond donors (Lipinski definition) is 0. The number of carbonyl (C=O) groups excluding carboxylic acids is 1. The first-order valence-corrected chi connectivity index (χ1v) is 4.69. The van der Waals surface area contributed by atoms with Crippen molar-refractivity contribution in [1.82, 2.24) is 0 Å². The molecule has 0 saturated heterocycles. The molecule has 1 rings (SSSR count). The van der Waals surface area contributed by atoms with E-state index in [9.17, 15) is 4.79 Å². The molecule has 0 amide bonds.